The van der Waals surface area contributed by atoms with E-state index in [1.165, 1.54) is 12.0 Å². The molecule has 0 bridgehead atoms. The number of aromatic nitrogens is 2. The van der Waals surface area contributed by atoms with Crippen LogP contribution in [0.4, 0.5) is 0 Å². The number of benzene rings is 2. The summed E-state index contributed by atoms with van der Waals surface area (Å²) in [6.45, 7) is 6.34. The number of amides is 1. The van der Waals surface area contributed by atoms with Crippen molar-refractivity contribution in [3.8, 4) is 17.0 Å². The minimum Gasteiger partial charge on any atom is -0.487 e. The average Bonchev–Trinajstić information content (AvgIpc) is 3.25. The van der Waals surface area contributed by atoms with Gasteiger partial charge in [0.1, 0.15) is 18.9 Å². The van der Waals surface area contributed by atoms with Crippen molar-refractivity contribution >= 4 is 22.8 Å². The summed E-state index contributed by atoms with van der Waals surface area (Å²) in [5, 5.41) is 13.9. The molecule has 0 radical (unpaired) electrons. The molecule has 0 aliphatic heterocycles. The number of pyridine rings is 1. The fraction of sp³-hybridized carbons (Fsp3) is 0.364. The number of carbonyl (C=O) groups is 2. The minimum absolute atomic E-state index is 0.0941. The van der Waals surface area contributed by atoms with Gasteiger partial charge >= 0.3 is 5.97 Å². The van der Waals surface area contributed by atoms with Gasteiger partial charge in [-0.15, -0.1) is 0 Å². The van der Waals surface area contributed by atoms with Crippen LogP contribution in [0.15, 0.2) is 66.9 Å². The van der Waals surface area contributed by atoms with E-state index in [1.807, 2.05) is 73.9 Å². The summed E-state index contributed by atoms with van der Waals surface area (Å²) in [5.74, 6) is -0.0234. The lowest BCUT2D eigenvalue weighted by atomic mass is 9.82. The molecule has 1 aliphatic carbocycles. The maximum atomic E-state index is 13.3. The number of rotatable bonds is 8. The molecule has 4 aromatic rings. The number of carboxylic acid groups (broad SMARTS) is 1. The van der Waals surface area contributed by atoms with E-state index in [9.17, 15) is 14.7 Å². The largest absolute Gasteiger partial charge is 0.487 e. The third-order valence-electron chi connectivity index (χ3n) is 7.42. The van der Waals surface area contributed by atoms with E-state index in [2.05, 4.69) is 10.3 Å². The highest BCUT2D eigenvalue weighted by molar-refractivity contribution is 5.99. The monoisotopic (exact) mass is 539 g/mol. The first-order chi connectivity index (χ1) is 19.2. The molecular formula is C33H37N3O4. The SMILES string of the molecule is CC(C)(C)NC(=O)Cn1c(-c2ccc(OCc3ccccn3)cc2)c(C2CCCCC2)c2ccc(C(=O)O)cc21. The van der Waals surface area contributed by atoms with Gasteiger partial charge in [0.15, 0.2) is 0 Å². The predicted octanol–water partition coefficient (Wildman–Crippen LogP) is 6.94. The van der Waals surface area contributed by atoms with Gasteiger partial charge in [0, 0.05) is 17.1 Å². The normalized spacial score (nSPS) is 14.3. The number of carboxylic acids is 1. The highest BCUT2D eigenvalue weighted by Gasteiger charge is 2.28. The van der Waals surface area contributed by atoms with Crippen LogP contribution >= 0.6 is 0 Å². The fourth-order valence-corrected chi connectivity index (χ4v) is 5.74. The number of fused-ring (bicyclic) bond motifs is 1. The summed E-state index contributed by atoms with van der Waals surface area (Å²) >= 11 is 0. The molecule has 0 atom stereocenters. The van der Waals surface area contributed by atoms with Gasteiger partial charge in [-0.3, -0.25) is 9.78 Å². The Morgan fingerprint density at radius 3 is 2.42 bits per heavy atom. The number of hydrogen-bond donors (Lipinski definition) is 2. The molecule has 1 fully saturated rings. The van der Waals surface area contributed by atoms with Gasteiger partial charge in [-0.25, -0.2) is 4.79 Å². The molecule has 208 valence electrons. The highest BCUT2D eigenvalue weighted by atomic mass is 16.5. The molecule has 1 saturated carbocycles. The first-order valence-electron chi connectivity index (χ1n) is 14.0. The zero-order valence-electron chi connectivity index (χ0n) is 23.4. The molecule has 2 heterocycles. The maximum absolute atomic E-state index is 13.3. The molecule has 2 aromatic heterocycles. The van der Waals surface area contributed by atoms with E-state index in [4.69, 9.17) is 4.74 Å². The fourth-order valence-electron chi connectivity index (χ4n) is 5.74. The summed E-state index contributed by atoms with van der Waals surface area (Å²) in [5.41, 5.74) is 4.61. The lowest BCUT2D eigenvalue weighted by Gasteiger charge is -2.24. The number of nitrogens with one attached hydrogen (secondary N) is 1. The van der Waals surface area contributed by atoms with Crippen molar-refractivity contribution in [2.24, 2.45) is 0 Å². The molecule has 0 spiro atoms. The Balaban J connectivity index is 1.61. The van der Waals surface area contributed by atoms with Gasteiger partial charge in [0.2, 0.25) is 5.91 Å². The Morgan fingerprint density at radius 2 is 1.77 bits per heavy atom. The quantitative estimate of drug-likeness (QED) is 0.253. The molecule has 2 N–H and O–H groups in total. The Morgan fingerprint density at radius 1 is 1.02 bits per heavy atom. The van der Waals surface area contributed by atoms with Crippen molar-refractivity contribution in [2.75, 3.05) is 0 Å². The number of hydrogen-bond acceptors (Lipinski definition) is 4. The maximum Gasteiger partial charge on any atom is 0.335 e. The second-order valence-electron chi connectivity index (χ2n) is 11.7. The van der Waals surface area contributed by atoms with Crippen LogP contribution in [0.5, 0.6) is 5.75 Å². The molecule has 2 aromatic carbocycles. The van der Waals surface area contributed by atoms with Crippen LogP contribution in [-0.2, 0) is 17.9 Å². The minimum atomic E-state index is -0.982. The second kappa shape index (κ2) is 11.5. The first kappa shape index (κ1) is 27.4. The number of nitrogens with zero attached hydrogens (tertiary/aromatic N) is 2. The molecule has 0 saturated heterocycles. The molecule has 0 unspecified atom stereocenters. The van der Waals surface area contributed by atoms with Crippen molar-refractivity contribution in [3.05, 3.63) is 83.7 Å². The van der Waals surface area contributed by atoms with Crippen molar-refractivity contribution in [2.45, 2.75) is 77.5 Å². The van der Waals surface area contributed by atoms with Crippen LogP contribution in [-0.4, -0.2) is 32.1 Å². The lowest BCUT2D eigenvalue weighted by Crippen LogP contribution is -2.42. The molecule has 5 rings (SSSR count). The Labute approximate surface area is 235 Å². The number of carbonyl (C=O) groups excluding carboxylic acids is 1. The third-order valence-corrected chi connectivity index (χ3v) is 7.42. The highest BCUT2D eigenvalue weighted by Crippen LogP contribution is 2.44. The summed E-state index contributed by atoms with van der Waals surface area (Å²) < 4.78 is 7.99. The summed E-state index contributed by atoms with van der Waals surface area (Å²) in [7, 11) is 0. The van der Waals surface area contributed by atoms with Crippen molar-refractivity contribution in [1.29, 1.82) is 0 Å². The van der Waals surface area contributed by atoms with Crippen LogP contribution < -0.4 is 10.1 Å². The zero-order chi connectivity index (χ0) is 28.3. The molecule has 1 aliphatic rings. The first-order valence-corrected chi connectivity index (χ1v) is 14.0. The molecule has 40 heavy (non-hydrogen) atoms. The van der Waals surface area contributed by atoms with Gasteiger partial charge in [-0.2, -0.15) is 0 Å². The van der Waals surface area contributed by atoms with E-state index in [0.717, 1.165) is 59.3 Å². The van der Waals surface area contributed by atoms with Gasteiger partial charge in [0.05, 0.1) is 22.5 Å². The van der Waals surface area contributed by atoms with Crippen LogP contribution in [0.3, 0.4) is 0 Å². The summed E-state index contributed by atoms with van der Waals surface area (Å²) in [6.07, 6.45) is 7.45. The summed E-state index contributed by atoms with van der Waals surface area (Å²) in [4.78, 5) is 29.5. The van der Waals surface area contributed by atoms with E-state index in [1.54, 1.807) is 18.3 Å². The van der Waals surface area contributed by atoms with Crippen molar-refractivity contribution in [3.63, 3.8) is 0 Å². The zero-order valence-corrected chi connectivity index (χ0v) is 23.4. The second-order valence-corrected chi connectivity index (χ2v) is 11.7. The van der Waals surface area contributed by atoms with Crippen molar-refractivity contribution in [1.82, 2.24) is 14.9 Å². The van der Waals surface area contributed by atoms with Gasteiger partial charge in [-0.05, 0) is 99.2 Å². The van der Waals surface area contributed by atoms with Gasteiger partial charge in [0.25, 0.3) is 0 Å². The molecule has 7 nitrogen and oxygen atoms in total. The van der Waals surface area contributed by atoms with Crippen LogP contribution in [0.25, 0.3) is 22.2 Å². The van der Waals surface area contributed by atoms with E-state index in [-0.39, 0.29) is 23.6 Å². The Bertz CT molecular complexity index is 1490. The van der Waals surface area contributed by atoms with Crippen LogP contribution in [0, 0.1) is 0 Å². The predicted molar refractivity (Wildman–Crippen MR) is 157 cm³/mol. The number of aromatic carboxylic acids is 1. The standard InChI is InChI=1S/C33H37N3O4/c1-33(2,3)35-29(37)20-36-28-19-24(32(38)39)14-17-27(28)30(22-9-5-4-6-10-22)31(36)23-12-15-26(16-13-23)40-21-25-11-7-8-18-34-25/h7-8,11-19,22H,4-6,9-10,20-21H2,1-3H3,(H,35,37)(H,38,39). The lowest BCUT2D eigenvalue weighted by molar-refractivity contribution is -0.123. The van der Waals surface area contributed by atoms with Crippen molar-refractivity contribution < 1.29 is 19.4 Å². The molecular weight excluding hydrogens is 502 g/mol. The topological polar surface area (TPSA) is 93.5 Å². The van der Waals surface area contributed by atoms with Crippen LogP contribution in [0.1, 0.15) is 80.4 Å². The number of ether oxygens (including phenoxy) is 1. The Hall–Kier alpha value is -4.13. The van der Waals surface area contributed by atoms with E-state index < -0.39 is 5.97 Å². The summed E-state index contributed by atoms with van der Waals surface area (Å²) in [6, 6.07) is 19.0. The smallest absolute Gasteiger partial charge is 0.335 e. The third kappa shape index (κ3) is 6.19. The molecule has 7 heteroatoms. The Kier molecular flexibility index (Phi) is 7.92. The van der Waals surface area contributed by atoms with Gasteiger partial charge in [-0.1, -0.05) is 31.4 Å². The van der Waals surface area contributed by atoms with E-state index in [0.29, 0.717) is 12.5 Å². The van der Waals surface area contributed by atoms with E-state index >= 15 is 0 Å². The molecule has 1 amide bonds. The van der Waals surface area contributed by atoms with Gasteiger partial charge < -0.3 is 19.7 Å². The average molecular weight is 540 g/mol. The van der Waals surface area contributed by atoms with Crippen LogP contribution in [0.2, 0.25) is 0 Å².